The number of thiazole rings is 1. The monoisotopic (exact) mass is 621 g/mol. The highest BCUT2D eigenvalue weighted by molar-refractivity contribution is 7.09. The number of pyridine rings is 1. The maximum Gasteiger partial charge on any atom is 0.337 e. The number of carbonyl (C=O) groups excluding carboxylic acids is 1. The van der Waals surface area contributed by atoms with Gasteiger partial charge in [0.1, 0.15) is 17.5 Å². The molecule has 5 aromatic rings. The molecule has 228 valence electrons. The Morgan fingerprint density at radius 3 is 2.76 bits per heavy atom. The molecule has 0 unspecified atom stereocenters. The maximum absolute atomic E-state index is 14.8. The van der Waals surface area contributed by atoms with E-state index in [9.17, 15) is 14.4 Å². The summed E-state index contributed by atoms with van der Waals surface area (Å²) in [5.74, 6) is 1.48. The number of ether oxygens (including phenoxy) is 1. The number of imidazole rings is 1. The van der Waals surface area contributed by atoms with Crippen LogP contribution in [-0.4, -0.2) is 57.1 Å². The number of fused-ring (bicyclic) bond motifs is 2. The lowest BCUT2D eigenvalue weighted by Crippen LogP contribution is -2.34. The molecule has 0 N–H and O–H groups in total. The largest absolute Gasteiger partial charge is 0.465 e. The van der Waals surface area contributed by atoms with Crippen molar-refractivity contribution in [1.82, 2.24) is 24.4 Å². The fraction of sp³-hybridized carbons (Fsp3) is 0.324. The highest BCUT2D eigenvalue weighted by atomic mass is 32.1. The second-order valence-electron chi connectivity index (χ2n) is 11.6. The SMILES string of the molecule is COC(=O)c1ccc2nc(CN3CCC(c4cccc(N5CCc6cc(C#N)cc(F)c6C5)n4)CC3)n(Cc3cncs3)c2c1. The predicted molar refractivity (Wildman–Crippen MR) is 170 cm³/mol. The van der Waals surface area contributed by atoms with Crippen molar-refractivity contribution in [2.45, 2.75) is 44.8 Å². The smallest absolute Gasteiger partial charge is 0.337 e. The van der Waals surface area contributed by atoms with Crippen molar-refractivity contribution in [3.8, 4) is 6.07 Å². The number of methoxy groups -OCH3 is 1. The number of benzene rings is 2. The standard InChI is InChI=1S/C34H32FN7O2S/c1-44-34(43)25-5-6-30-31(15-25)42(18-26-17-37-21-45-26)33(39-30)20-40-10-7-23(8-11-40)29-3-2-4-32(38-29)41-12-9-24-13-22(16-36)14-28(35)27(24)19-41/h2-6,13-15,17,21,23H,7-12,18-20H2,1H3. The van der Waals surface area contributed by atoms with Gasteiger partial charge in [-0.2, -0.15) is 5.26 Å². The molecule has 1 fully saturated rings. The van der Waals surface area contributed by atoms with Crippen molar-refractivity contribution in [3.05, 3.63) is 105 Å². The number of aromatic nitrogens is 4. The van der Waals surface area contributed by atoms with Crippen LogP contribution in [0.25, 0.3) is 11.0 Å². The Bertz CT molecular complexity index is 1910. The Morgan fingerprint density at radius 2 is 1.98 bits per heavy atom. The first kappa shape index (κ1) is 29.1. The zero-order chi connectivity index (χ0) is 30.9. The van der Waals surface area contributed by atoms with Gasteiger partial charge >= 0.3 is 5.97 Å². The van der Waals surface area contributed by atoms with Crippen molar-refractivity contribution in [2.24, 2.45) is 0 Å². The van der Waals surface area contributed by atoms with Crippen LogP contribution in [0.5, 0.6) is 0 Å². The minimum Gasteiger partial charge on any atom is -0.465 e. The minimum atomic E-state index is -0.366. The molecule has 7 rings (SSSR count). The molecule has 11 heteroatoms. The first-order chi connectivity index (χ1) is 22.0. The lowest BCUT2D eigenvalue weighted by molar-refractivity contribution is 0.0601. The fourth-order valence-electron chi connectivity index (χ4n) is 6.50. The molecule has 0 atom stereocenters. The third kappa shape index (κ3) is 5.91. The van der Waals surface area contributed by atoms with Gasteiger partial charge in [0, 0.05) is 41.3 Å². The van der Waals surface area contributed by atoms with Gasteiger partial charge in [-0.1, -0.05) is 6.07 Å². The summed E-state index contributed by atoms with van der Waals surface area (Å²) in [6, 6.07) is 16.9. The lowest BCUT2D eigenvalue weighted by atomic mass is 9.93. The summed E-state index contributed by atoms with van der Waals surface area (Å²) in [5, 5.41) is 9.20. The van der Waals surface area contributed by atoms with E-state index in [1.54, 1.807) is 23.5 Å². The second-order valence-corrected chi connectivity index (χ2v) is 12.6. The molecule has 2 aliphatic rings. The highest BCUT2D eigenvalue weighted by Gasteiger charge is 2.26. The Kier molecular flexibility index (Phi) is 8.00. The number of hydrogen-bond acceptors (Lipinski definition) is 9. The van der Waals surface area contributed by atoms with Crippen LogP contribution >= 0.6 is 11.3 Å². The number of anilines is 1. The van der Waals surface area contributed by atoms with Gasteiger partial charge in [-0.05, 0) is 80.4 Å². The number of esters is 1. The zero-order valence-corrected chi connectivity index (χ0v) is 25.8. The Morgan fingerprint density at radius 1 is 1.11 bits per heavy atom. The van der Waals surface area contributed by atoms with Crippen LogP contribution in [0.3, 0.4) is 0 Å². The fourth-order valence-corrected chi connectivity index (χ4v) is 7.08. The summed E-state index contributed by atoms with van der Waals surface area (Å²) in [7, 11) is 1.39. The number of hydrogen-bond donors (Lipinski definition) is 0. The Balaban J connectivity index is 1.05. The molecular weight excluding hydrogens is 589 g/mol. The van der Waals surface area contributed by atoms with Crippen LogP contribution in [0.15, 0.2) is 60.2 Å². The summed E-state index contributed by atoms with van der Waals surface area (Å²) < 4.78 is 21.9. The summed E-state index contributed by atoms with van der Waals surface area (Å²) in [4.78, 5) is 32.2. The molecule has 2 aliphatic heterocycles. The van der Waals surface area contributed by atoms with Crippen molar-refractivity contribution < 1.29 is 13.9 Å². The van der Waals surface area contributed by atoms with Gasteiger partial charge in [0.25, 0.3) is 0 Å². The molecule has 9 nitrogen and oxygen atoms in total. The summed E-state index contributed by atoms with van der Waals surface area (Å²) >= 11 is 1.60. The topological polar surface area (TPSA) is 100 Å². The number of likely N-dealkylation sites (tertiary alicyclic amines) is 1. The normalized spacial score (nSPS) is 15.6. The summed E-state index contributed by atoms with van der Waals surface area (Å²) in [5.41, 5.74) is 7.10. The lowest BCUT2D eigenvalue weighted by Gasteiger charge is -2.33. The third-order valence-corrected chi connectivity index (χ3v) is 9.68. The van der Waals surface area contributed by atoms with Crippen LogP contribution in [0, 0.1) is 17.1 Å². The molecule has 1 saturated heterocycles. The van der Waals surface area contributed by atoms with Gasteiger partial charge in [-0.25, -0.2) is 19.2 Å². The molecule has 0 amide bonds. The van der Waals surface area contributed by atoms with Gasteiger partial charge in [0.2, 0.25) is 0 Å². The molecule has 0 bridgehead atoms. The average molecular weight is 622 g/mol. The van der Waals surface area contributed by atoms with Crippen molar-refractivity contribution in [1.29, 1.82) is 5.26 Å². The highest BCUT2D eigenvalue weighted by Crippen LogP contribution is 2.32. The zero-order valence-electron chi connectivity index (χ0n) is 24.9. The number of carbonyl (C=O) groups is 1. The van der Waals surface area contributed by atoms with Crippen molar-refractivity contribution in [3.63, 3.8) is 0 Å². The van der Waals surface area contributed by atoms with E-state index in [1.807, 2.05) is 29.9 Å². The van der Waals surface area contributed by atoms with Crippen molar-refractivity contribution in [2.75, 3.05) is 31.6 Å². The van der Waals surface area contributed by atoms with Gasteiger partial charge in [-0.3, -0.25) is 9.88 Å². The van der Waals surface area contributed by atoms with Crippen LogP contribution < -0.4 is 4.90 Å². The van der Waals surface area contributed by atoms with E-state index >= 15 is 0 Å². The molecule has 0 aliphatic carbocycles. The van der Waals surface area contributed by atoms with Crippen LogP contribution in [0.4, 0.5) is 10.2 Å². The summed E-state index contributed by atoms with van der Waals surface area (Å²) in [6.07, 6.45) is 4.52. The third-order valence-electron chi connectivity index (χ3n) is 8.91. The van der Waals surface area contributed by atoms with E-state index < -0.39 is 0 Å². The molecule has 2 aromatic carbocycles. The van der Waals surface area contributed by atoms with Crippen LogP contribution in [-0.2, 0) is 30.8 Å². The van der Waals surface area contributed by atoms with Gasteiger partial charge in [-0.15, -0.1) is 11.3 Å². The van der Waals surface area contributed by atoms with Crippen LogP contribution in [0.2, 0.25) is 0 Å². The number of halogens is 1. The maximum atomic E-state index is 14.8. The van der Waals surface area contributed by atoms with E-state index in [-0.39, 0.29) is 11.8 Å². The molecule has 3 aromatic heterocycles. The number of rotatable bonds is 7. The number of nitriles is 1. The van der Waals surface area contributed by atoms with Gasteiger partial charge in [0.15, 0.2) is 0 Å². The molecule has 45 heavy (non-hydrogen) atoms. The van der Waals surface area contributed by atoms with E-state index in [0.29, 0.717) is 48.7 Å². The quantitative estimate of drug-likeness (QED) is 0.214. The van der Waals surface area contributed by atoms with E-state index in [2.05, 4.69) is 37.6 Å². The second kappa shape index (κ2) is 12.4. The van der Waals surface area contributed by atoms with Crippen molar-refractivity contribution >= 4 is 34.2 Å². The van der Waals surface area contributed by atoms with E-state index in [0.717, 1.165) is 71.3 Å². The van der Waals surface area contributed by atoms with Gasteiger partial charge < -0.3 is 14.2 Å². The average Bonchev–Trinajstić information content (AvgIpc) is 3.72. The Labute approximate surface area is 264 Å². The molecular formula is C34H32FN7O2S. The molecule has 0 spiro atoms. The minimum absolute atomic E-state index is 0.318. The van der Waals surface area contributed by atoms with Crippen LogP contribution in [0.1, 0.15) is 62.2 Å². The Hall–Kier alpha value is -4.66. The summed E-state index contributed by atoms with van der Waals surface area (Å²) in [6.45, 7) is 4.35. The van der Waals surface area contributed by atoms with Gasteiger partial charge in [0.05, 0.1) is 53.9 Å². The molecule has 0 radical (unpaired) electrons. The van der Waals surface area contributed by atoms with E-state index in [4.69, 9.17) is 14.7 Å². The number of piperidine rings is 1. The molecule has 5 heterocycles. The first-order valence-corrected chi connectivity index (χ1v) is 16.0. The molecule has 0 saturated carbocycles. The predicted octanol–water partition coefficient (Wildman–Crippen LogP) is 5.68. The first-order valence-electron chi connectivity index (χ1n) is 15.1. The van der Waals surface area contributed by atoms with E-state index in [1.165, 1.54) is 13.2 Å². The number of nitrogens with zero attached hydrogens (tertiary/aromatic N) is 7.